The summed E-state index contributed by atoms with van der Waals surface area (Å²) in [6.45, 7) is 0. The third-order valence-electron chi connectivity index (χ3n) is 2.45. The van der Waals surface area contributed by atoms with Crippen LogP contribution in [0.4, 0.5) is 0 Å². The van der Waals surface area contributed by atoms with Gasteiger partial charge in [0, 0.05) is 0 Å². The number of hydrazone groups is 2. The van der Waals surface area contributed by atoms with E-state index in [1.165, 1.54) is 0 Å². The van der Waals surface area contributed by atoms with E-state index in [-0.39, 0.29) is 5.96 Å². The Kier molecular flexibility index (Phi) is 4.61. The molecule has 0 saturated heterocycles. The van der Waals surface area contributed by atoms with Crippen molar-refractivity contribution < 1.29 is 0 Å². The predicted octanol–water partition coefficient (Wildman–Crippen LogP) is 2.25. The molecule has 0 saturated carbocycles. The quantitative estimate of drug-likeness (QED) is 0.505. The van der Waals surface area contributed by atoms with Crippen LogP contribution in [0.5, 0.6) is 0 Å². The van der Waals surface area contributed by atoms with Crippen molar-refractivity contribution in [2.75, 3.05) is 0 Å². The molecule has 0 aliphatic heterocycles. The van der Waals surface area contributed by atoms with Crippen LogP contribution in [0.2, 0.25) is 0 Å². The van der Waals surface area contributed by atoms with Gasteiger partial charge in [-0.3, -0.25) is 5.41 Å². The summed E-state index contributed by atoms with van der Waals surface area (Å²) in [6, 6.07) is 19.1. The molecular formula is C15H15N5. The van der Waals surface area contributed by atoms with Gasteiger partial charge in [-0.1, -0.05) is 60.7 Å². The number of guanidine groups is 1. The molecule has 2 rings (SSSR count). The van der Waals surface area contributed by atoms with Crippen molar-refractivity contribution in [2.45, 2.75) is 0 Å². The molecule has 0 amide bonds. The van der Waals surface area contributed by atoms with Crippen LogP contribution in [-0.2, 0) is 0 Å². The first-order chi connectivity index (χ1) is 9.75. The first-order valence-corrected chi connectivity index (χ1v) is 6.08. The summed E-state index contributed by atoms with van der Waals surface area (Å²) in [6.07, 6.45) is 3.20. The fourth-order valence-corrected chi connectivity index (χ4v) is 1.48. The molecule has 20 heavy (non-hydrogen) atoms. The van der Waals surface area contributed by atoms with Crippen molar-refractivity contribution in [3.63, 3.8) is 0 Å². The molecule has 5 nitrogen and oxygen atoms in total. The van der Waals surface area contributed by atoms with Gasteiger partial charge < -0.3 is 5.73 Å². The van der Waals surface area contributed by atoms with E-state index in [1.807, 2.05) is 60.7 Å². The minimum absolute atomic E-state index is 0.246. The van der Waals surface area contributed by atoms with Crippen molar-refractivity contribution in [3.8, 4) is 0 Å². The first-order valence-electron chi connectivity index (χ1n) is 6.08. The van der Waals surface area contributed by atoms with Gasteiger partial charge >= 0.3 is 0 Å². The summed E-state index contributed by atoms with van der Waals surface area (Å²) in [5.41, 5.74) is 7.27. The molecule has 0 heterocycles. The molecule has 2 aromatic rings. The molecule has 0 bridgehead atoms. The number of nitrogens with zero attached hydrogens (tertiary/aromatic N) is 3. The highest BCUT2D eigenvalue weighted by atomic mass is 15.7. The molecule has 2 aromatic carbocycles. The Bertz CT molecular complexity index is 555. The topological polar surface area (TPSA) is 77.8 Å². The van der Waals surface area contributed by atoms with Crippen LogP contribution < -0.4 is 5.73 Å². The minimum atomic E-state index is -0.246. The van der Waals surface area contributed by atoms with Gasteiger partial charge in [-0.15, -0.1) is 5.12 Å². The summed E-state index contributed by atoms with van der Waals surface area (Å²) in [5.74, 6) is -0.246. The molecule has 0 aliphatic rings. The van der Waals surface area contributed by atoms with E-state index < -0.39 is 0 Å². The number of hydrogen-bond acceptors (Lipinski definition) is 3. The number of nitrogens with one attached hydrogen (secondary N) is 1. The second-order valence-electron chi connectivity index (χ2n) is 3.99. The molecule has 0 spiro atoms. The average Bonchev–Trinajstić information content (AvgIpc) is 2.49. The Balaban J connectivity index is 2.10. The minimum Gasteiger partial charge on any atom is -0.367 e. The van der Waals surface area contributed by atoms with Gasteiger partial charge in [0.15, 0.2) is 0 Å². The van der Waals surface area contributed by atoms with Crippen molar-refractivity contribution in [1.82, 2.24) is 5.12 Å². The number of rotatable bonds is 4. The average molecular weight is 265 g/mol. The van der Waals surface area contributed by atoms with E-state index in [2.05, 4.69) is 10.2 Å². The molecule has 0 atom stereocenters. The van der Waals surface area contributed by atoms with Crippen LogP contribution >= 0.6 is 0 Å². The highest BCUT2D eigenvalue weighted by molar-refractivity contribution is 5.84. The fraction of sp³-hybridized carbons (Fsp3) is 0. The molecule has 0 radical (unpaired) electrons. The monoisotopic (exact) mass is 265 g/mol. The largest absolute Gasteiger partial charge is 0.367 e. The summed E-state index contributed by atoms with van der Waals surface area (Å²) >= 11 is 0. The second kappa shape index (κ2) is 6.84. The van der Waals surface area contributed by atoms with E-state index in [1.54, 1.807) is 12.4 Å². The number of nitrogens with two attached hydrogens (primary N) is 1. The van der Waals surface area contributed by atoms with Crippen molar-refractivity contribution in [3.05, 3.63) is 71.8 Å². The smallest absolute Gasteiger partial charge is 0.232 e. The lowest BCUT2D eigenvalue weighted by Gasteiger charge is -2.09. The Morgan fingerprint density at radius 2 is 1.25 bits per heavy atom. The van der Waals surface area contributed by atoms with Gasteiger partial charge in [-0.05, 0) is 11.1 Å². The third kappa shape index (κ3) is 4.06. The van der Waals surface area contributed by atoms with Gasteiger partial charge in [0.2, 0.25) is 5.96 Å². The molecule has 5 heteroatoms. The maximum atomic E-state index is 7.46. The maximum absolute atomic E-state index is 7.46. The number of benzene rings is 2. The zero-order valence-corrected chi connectivity index (χ0v) is 10.8. The molecular weight excluding hydrogens is 250 g/mol. The van der Waals surface area contributed by atoms with Gasteiger partial charge in [0.05, 0.1) is 12.4 Å². The lowest BCUT2D eigenvalue weighted by Crippen LogP contribution is -2.27. The van der Waals surface area contributed by atoms with E-state index in [0.29, 0.717) is 0 Å². The first kappa shape index (κ1) is 13.5. The summed E-state index contributed by atoms with van der Waals surface area (Å²) in [4.78, 5) is 0. The molecule has 0 fully saturated rings. The van der Waals surface area contributed by atoms with Crippen LogP contribution in [0.3, 0.4) is 0 Å². The zero-order valence-electron chi connectivity index (χ0n) is 10.8. The van der Waals surface area contributed by atoms with Gasteiger partial charge in [-0.2, -0.15) is 10.2 Å². The Morgan fingerprint density at radius 3 is 1.60 bits per heavy atom. The van der Waals surface area contributed by atoms with Crippen molar-refractivity contribution in [2.24, 2.45) is 15.9 Å². The predicted molar refractivity (Wildman–Crippen MR) is 81.8 cm³/mol. The Morgan fingerprint density at radius 1 is 0.850 bits per heavy atom. The maximum Gasteiger partial charge on any atom is 0.232 e. The molecule has 0 aromatic heterocycles. The second-order valence-corrected chi connectivity index (χ2v) is 3.99. The van der Waals surface area contributed by atoms with Gasteiger partial charge in [0.25, 0.3) is 0 Å². The van der Waals surface area contributed by atoms with Crippen LogP contribution in [0, 0.1) is 5.41 Å². The normalized spacial score (nSPS) is 11.0. The lowest BCUT2D eigenvalue weighted by molar-refractivity contribution is 0.472. The molecule has 100 valence electrons. The Labute approximate surface area is 117 Å². The standard InChI is InChI=1S/C15H15N5/c16-15(17)20(18-11-13-7-3-1-4-8-13)19-12-14-9-5-2-6-10-14/h1-12H,(H3,16,17). The summed E-state index contributed by atoms with van der Waals surface area (Å²) < 4.78 is 0. The highest BCUT2D eigenvalue weighted by Crippen LogP contribution is 1.98. The van der Waals surface area contributed by atoms with E-state index in [4.69, 9.17) is 11.1 Å². The van der Waals surface area contributed by atoms with Crippen molar-refractivity contribution in [1.29, 1.82) is 5.41 Å². The lowest BCUT2D eigenvalue weighted by atomic mass is 10.2. The SMILES string of the molecule is N=C(N)N(N=Cc1ccccc1)N=Cc1ccccc1. The summed E-state index contributed by atoms with van der Waals surface area (Å²) in [7, 11) is 0. The fourth-order valence-electron chi connectivity index (χ4n) is 1.48. The summed E-state index contributed by atoms with van der Waals surface area (Å²) in [5, 5.41) is 16.7. The van der Waals surface area contributed by atoms with Gasteiger partial charge in [-0.25, -0.2) is 0 Å². The van der Waals surface area contributed by atoms with E-state index in [0.717, 1.165) is 16.2 Å². The van der Waals surface area contributed by atoms with Crippen LogP contribution in [0.1, 0.15) is 11.1 Å². The highest BCUT2D eigenvalue weighted by Gasteiger charge is 2.00. The van der Waals surface area contributed by atoms with Crippen molar-refractivity contribution >= 4 is 18.4 Å². The zero-order chi connectivity index (χ0) is 14.2. The Hall–Kier alpha value is -2.95. The van der Waals surface area contributed by atoms with Crippen LogP contribution in [0.25, 0.3) is 0 Å². The van der Waals surface area contributed by atoms with Crippen LogP contribution in [0.15, 0.2) is 70.9 Å². The number of hydrogen-bond donors (Lipinski definition) is 2. The van der Waals surface area contributed by atoms with E-state index in [9.17, 15) is 0 Å². The molecule has 3 N–H and O–H groups in total. The van der Waals surface area contributed by atoms with Gasteiger partial charge in [0.1, 0.15) is 0 Å². The third-order valence-corrected chi connectivity index (χ3v) is 2.45. The molecule has 0 unspecified atom stereocenters. The van der Waals surface area contributed by atoms with Crippen LogP contribution in [-0.4, -0.2) is 23.5 Å². The molecule has 0 aliphatic carbocycles. The van der Waals surface area contributed by atoms with E-state index >= 15 is 0 Å².